The van der Waals surface area contributed by atoms with Gasteiger partial charge in [-0.3, -0.25) is 4.79 Å². The van der Waals surface area contributed by atoms with E-state index in [4.69, 9.17) is 9.47 Å². The van der Waals surface area contributed by atoms with Crippen molar-refractivity contribution < 1.29 is 14.3 Å². The zero-order valence-electron chi connectivity index (χ0n) is 11.4. The molecule has 3 nitrogen and oxygen atoms in total. The van der Waals surface area contributed by atoms with Crippen molar-refractivity contribution in [3.8, 4) is 5.75 Å². The molecule has 1 aromatic rings. The number of hydrogen-bond donors (Lipinski definition) is 0. The highest BCUT2D eigenvalue weighted by Crippen LogP contribution is 2.35. The molecule has 1 aliphatic rings. The van der Waals surface area contributed by atoms with Gasteiger partial charge in [-0.2, -0.15) is 11.8 Å². The van der Waals surface area contributed by atoms with Gasteiger partial charge in [0, 0.05) is 11.5 Å². The van der Waals surface area contributed by atoms with Crippen LogP contribution in [-0.2, 0) is 9.53 Å². The predicted molar refractivity (Wildman–Crippen MR) is 77.8 cm³/mol. The molecular weight excluding hydrogens is 260 g/mol. The Balaban J connectivity index is 1.86. The van der Waals surface area contributed by atoms with Crippen LogP contribution >= 0.6 is 11.8 Å². The molecule has 0 aliphatic carbocycles. The van der Waals surface area contributed by atoms with Gasteiger partial charge >= 0.3 is 5.97 Å². The van der Waals surface area contributed by atoms with E-state index in [1.54, 1.807) is 0 Å². The number of ether oxygens (including phenoxy) is 2. The van der Waals surface area contributed by atoms with Crippen molar-refractivity contribution in [1.29, 1.82) is 0 Å². The minimum atomic E-state index is -0.125. The van der Waals surface area contributed by atoms with Crippen LogP contribution in [-0.4, -0.2) is 31.2 Å². The summed E-state index contributed by atoms with van der Waals surface area (Å²) in [5.74, 6) is 3.22. The van der Waals surface area contributed by atoms with E-state index in [1.165, 1.54) is 12.7 Å². The van der Waals surface area contributed by atoms with Crippen LogP contribution in [0.25, 0.3) is 0 Å². The Morgan fingerprint density at radius 1 is 1.53 bits per heavy atom. The van der Waals surface area contributed by atoms with Crippen molar-refractivity contribution in [3.63, 3.8) is 0 Å². The molecule has 0 saturated carbocycles. The fraction of sp³-hybridized carbons (Fsp3) is 0.533. The molecule has 0 radical (unpaired) electrons. The molecule has 0 fully saturated rings. The predicted octanol–water partition coefficient (Wildman–Crippen LogP) is 3.10. The molecule has 2 rings (SSSR count). The van der Waals surface area contributed by atoms with Gasteiger partial charge in [0.1, 0.15) is 5.75 Å². The average molecular weight is 280 g/mol. The van der Waals surface area contributed by atoms with Gasteiger partial charge in [0.25, 0.3) is 0 Å². The largest absolute Gasteiger partial charge is 0.493 e. The van der Waals surface area contributed by atoms with E-state index in [0.717, 1.165) is 30.3 Å². The van der Waals surface area contributed by atoms with Gasteiger partial charge in [0.15, 0.2) is 0 Å². The number of methoxy groups -OCH3 is 1. The highest BCUT2D eigenvalue weighted by Gasteiger charge is 2.21. The molecule has 0 bridgehead atoms. The summed E-state index contributed by atoms with van der Waals surface area (Å²) in [5, 5.41) is 0. The van der Waals surface area contributed by atoms with E-state index in [-0.39, 0.29) is 11.9 Å². The summed E-state index contributed by atoms with van der Waals surface area (Å²) in [6.07, 6.45) is 1.05. The van der Waals surface area contributed by atoms with Crippen LogP contribution in [0.2, 0.25) is 0 Å². The Kier molecular flexibility index (Phi) is 5.14. The first-order valence-electron chi connectivity index (χ1n) is 6.59. The smallest absolute Gasteiger partial charge is 0.309 e. The quantitative estimate of drug-likeness (QED) is 0.776. The topological polar surface area (TPSA) is 35.5 Å². The van der Waals surface area contributed by atoms with Crippen LogP contribution in [0.1, 0.15) is 24.8 Å². The molecule has 0 amide bonds. The lowest BCUT2D eigenvalue weighted by atomic mass is 9.95. The number of carbonyl (C=O) groups excluding carboxylic acids is 1. The number of hydrogen-bond acceptors (Lipinski definition) is 4. The third-order valence-corrected chi connectivity index (χ3v) is 4.75. The van der Waals surface area contributed by atoms with Crippen molar-refractivity contribution in [2.75, 3.05) is 25.2 Å². The highest BCUT2D eigenvalue weighted by atomic mass is 32.2. The van der Waals surface area contributed by atoms with Gasteiger partial charge in [0.05, 0.1) is 19.6 Å². The summed E-state index contributed by atoms with van der Waals surface area (Å²) in [6, 6.07) is 8.24. The van der Waals surface area contributed by atoms with Crippen LogP contribution < -0.4 is 4.74 Å². The van der Waals surface area contributed by atoms with Crippen LogP contribution in [0, 0.1) is 5.92 Å². The van der Waals surface area contributed by atoms with Crippen LogP contribution in [0.4, 0.5) is 0 Å². The number of rotatable bonds is 5. The van der Waals surface area contributed by atoms with Gasteiger partial charge in [-0.25, -0.2) is 0 Å². The highest BCUT2D eigenvalue weighted by molar-refractivity contribution is 7.99. The lowest BCUT2D eigenvalue weighted by Gasteiger charge is -2.25. The Morgan fingerprint density at radius 2 is 2.32 bits per heavy atom. The van der Waals surface area contributed by atoms with E-state index in [0.29, 0.717) is 5.92 Å². The Morgan fingerprint density at radius 3 is 3.11 bits per heavy atom. The molecule has 1 heterocycles. The first-order valence-corrected chi connectivity index (χ1v) is 7.75. The number of carbonyl (C=O) groups is 1. The van der Waals surface area contributed by atoms with Crippen molar-refractivity contribution in [2.24, 2.45) is 5.92 Å². The molecule has 0 saturated heterocycles. The normalized spacial score (nSPS) is 19.2. The Bertz CT molecular complexity index is 433. The number of esters is 1. The Labute approximate surface area is 118 Å². The zero-order valence-corrected chi connectivity index (χ0v) is 12.2. The molecule has 2 atom stereocenters. The third kappa shape index (κ3) is 3.66. The van der Waals surface area contributed by atoms with Crippen LogP contribution in [0.15, 0.2) is 24.3 Å². The maximum absolute atomic E-state index is 11.3. The van der Waals surface area contributed by atoms with Crippen molar-refractivity contribution >= 4 is 17.7 Å². The maximum atomic E-state index is 11.3. The lowest BCUT2D eigenvalue weighted by Crippen LogP contribution is -2.18. The van der Waals surface area contributed by atoms with Crippen molar-refractivity contribution in [3.05, 3.63) is 29.8 Å². The van der Waals surface area contributed by atoms with Gasteiger partial charge < -0.3 is 9.47 Å². The van der Waals surface area contributed by atoms with Crippen molar-refractivity contribution in [1.82, 2.24) is 0 Å². The standard InChI is InChI=1S/C15H20O3S/c1-11(15(16)17-2)9-19-10-12-7-8-18-14-6-4-3-5-13(12)14/h3-6,11-12H,7-10H2,1-2H3. The summed E-state index contributed by atoms with van der Waals surface area (Å²) in [4.78, 5) is 11.3. The van der Waals surface area contributed by atoms with Crippen LogP contribution in [0.3, 0.4) is 0 Å². The molecule has 19 heavy (non-hydrogen) atoms. The van der Waals surface area contributed by atoms with Gasteiger partial charge in [-0.15, -0.1) is 0 Å². The summed E-state index contributed by atoms with van der Waals surface area (Å²) >= 11 is 1.82. The fourth-order valence-electron chi connectivity index (χ4n) is 2.25. The van der Waals surface area contributed by atoms with Gasteiger partial charge in [-0.1, -0.05) is 25.1 Å². The van der Waals surface area contributed by atoms with Crippen LogP contribution in [0.5, 0.6) is 5.75 Å². The SMILES string of the molecule is COC(=O)C(C)CSCC1CCOc2ccccc21. The molecular formula is C15H20O3S. The monoisotopic (exact) mass is 280 g/mol. The first kappa shape index (κ1) is 14.3. The van der Waals surface area contributed by atoms with E-state index in [2.05, 4.69) is 12.1 Å². The molecule has 2 unspecified atom stereocenters. The molecule has 0 aromatic heterocycles. The molecule has 0 spiro atoms. The van der Waals surface area contributed by atoms with Gasteiger partial charge in [0.2, 0.25) is 0 Å². The average Bonchev–Trinajstić information content (AvgIpc) is 2.46. The number of fused-ring (bicyclic) bond motifs is 1. The van der Waals surface area contributed by atoms with Crippen molar-refractivity contribution in [2.45, 2.75) is 19.3 Å². The zero-order chi connectivity index (χ0) is 13.7. The third-order valence-electron chi connectivity index (χ3n) is 3.37. The lowest BCUT2D eigenvalue weighted by molar-refractivity contribution is -0.143. The molecule has 0 N–H and O–H groups in total. The van der Waals surface area contributed by atoms with E-state index < -0.39 is 0 Å². The Hall–Kier alpha value is -1.16. The van der Waals surface area contributed by atoms with E-state index in [9.17, 15) is 4.79 Å². The second-order valence-corrected chi connectivity index (χ2v) is 5.91. The second-order valence-electron chi connectivity index (χ2n) is 4.83. The van der Waals surface area contributed by atoms with Gasteiger partial charge in [-0.05, 0) is 24.0 Å². The summed E-state index contributed by atoms with van der Waals surface area (Å²) in [6.45, 7) is 2.70. The minimum absolute atomic E-state index is 0.0370. The summed E-state index contributed by atoms with van der Waals surface area (Å²) < 4.78 is 10.4. The van der Waals surface area contributed by atoms with E-state index >= 15 is 0 Å². The molecule has 1 aromatic carbocycles. The summed E-state index contributed by atoms with van der Waals surface area (Å²) in [5.41, 5.74) is 1.30. The van der Waals surface area contributed by atoms with E-state index in [1.807, 2.05) is 30.8 Å². The molecule has 1 aliphatic heterocycles. The number of para-hydroxylation sites is 1. The first-order chi connectivity index (χ1) is 9.22. The maximum Gasteiger partial charge on any atom is 0.309 e. The number of benzene rings is 1. The fourth-order valence-corrected chi connectivity index (χ4v) is 3.50. The second kappa shape index (κ2) is 6.85. The minimum Gasteiger partial charge on any atom is -0.493 e. The molecule has 104 valence electrons. The number of thioether (sulfide) groups is 1. The summed E-state index contributed by atoms with van der Waals surface area (Å²) in [7, 11) is 1.44. The molecule has 4 heteroatoms.